The lowest BCUT2D eigenvalue weighted by molar-refractivity contribution is 1.26. The first kappa shape index (κ1) is 10.5. The third kappa shape index (κ3) is 2.02. The molecule has 14 heavy (non-hydrogen) atoms. The zero-order valence-corrected chi connectivity index (χ0v) is 8.91. The summed E-state index contributed by atoms with van der Waals surface area (Å²) in [6.45, 7) is 5.95. The highest BCUT2D eigenvalue weighted by Gasteiger charge is 1.97. The van der Waals surface area contributed by atoms with Crippen molar-refractivity contribution in [2.45, 2.75) is 20.8 Å². The summed E-state index contributed by atoms with van der Waals surface area (Å²) in [5.74, 6) is 0. The van der Waals surface area contributed by atoms with Crippen molar-refractivity contribution in [2.75, 3.05) is 5.73 Å². The van der Waals surface area contributed by atoms with E-state index in [1.807, 2.05) is 51.1 Å². The molecule has 2 aromatic rings. The molecule has 1 aromatic carbocycles. The molecule has 0 bridgehead atoms. The fraction of sp³-hybridized carbons (Fsp3) is 0.250. The molecule has 0 radical (unpaired) electrons. The molecule has 0 atom stereocenters. The molecule has 0 aliphatic rings. The number of pyridine rings is 1. The lowest BCUT2D eigenvalue weighted by Crippen LogP contribution is -1.91. The van der Waals surface area contributed by atoms with E-state index < -0.39 is 0 Å². The number of hydrogen-bond acceptors (Lipinski definition) is 2. The molecule has 0 unspecified atom stereocenters. The van der Waals surface area contributed by atoms with Gasteiger partial charge in [0.05, 0.1) is 5.52 Å². The molecule has 0 aliphatic carbocycles. The average molecular weight is 188 g/mol. The maximum absolute atomic E-state index is 5.82. The van der Waals surface area contributed by atoms with E-state index in [-0.39, 0.29) is 0 Å². The van der Waals surface area contributed by atoms with Crippen molar-refractivity contribution in [3.63, 3.8) is 0 Å². The molecule has 0 saturated carbocycles. The van der Waals surface area contributed by atoms with E-state index in [9.17, 15) is 0 Å². The number of hydrogen-bond donors (Lipinski definition) is 1. The molecule has 0 amide bonds. The minimum absolute atomic E-state index is 0.804. The van der Waals surface area contributed by atoms with Gasteiger partial charge >= 0.3 is 0 Å². The Morgan fingerprint density at radius 3 is 2.50 bits per heavy atom. The van der Waals surface area contributed by atoms with Crippen molar-refractivity contribution in [3.8, 4) is 0 Å². The van der Waals surface area contributed by atoms with Crippen LogP contribution in [0.4, 0.5) is 5.69 Å². The quantitative estimate of drug-likeness (QED) is 0.689. The van der Waals surface area contributed by atoms with E-state index in [1.165, 1.54) is 0 Å². The Hall–Kier alpha value is -1.57. The van der Waals surface area contributed by atoms with Crippen LogP contribution in [0.1, 0.15) is 19.5 Å². The Morgan fingerprint density at radius 2 is 1.79 bits per heavy atom. The first-order valence-electron chi connectivity index (χ1n) is 4.89. The standard InChI is InChI=1S/C10H10N2.C2H6/c1-7-6-9(11)8-4-2-3-5-10(8)12-7;1-2/h2-6H,1H3,(H2,11,12);1-2H3. The van der Waals surface area contributed by atoms with Gasteiger partial charge in [-0.3, -0.25) is 4.98 Å². The largest absolute Gasteiger partial charge is 0.398 e. The topological polar surface area (TPSA) is 38.9 Å². The van der Waals surface area contributed by atoms with Crippen molar-refractivity contribution in [1.29, 1.82) is 0 Å². The smallest absolute Gasteiger partial charge is 0.0725 e. The lowest BCUT2D eigenvalue weighted by atomic mass is 10.2. The van der Waals surface area contributed by atoms with Crippen LogP contribution in [0.3, 0.4) is 0 Å². The lowest BCUT2D eigenvalue weighted by Gasteiger charge is -2.01. The maximum Gasteiger partial charge on any atom is 0.0725 e. The average Bonchev–Trinajstić information content (AvgIpc) is 2.20. The highest BCUT2D eigenvalue weighted by molar-refractivity contribution is 5.89. The van der Waals surface area contributed by atoms with Crippen LogP contribution in [0.15, 0.2) is 30.3 Å². The van der Waals surface area contributed by atoms with Gasteiger partial charge < -0.3 is 5.73 Å². The number of para-hydroxylation sites is 1. The fourth-order valence-corrected chi connectivity index (χ4v) is 1.34. The normalized spacial score (nSPS) is 9.36. The predicted molar refractivity (Wildman–Crippen MR) is 62.2 cm³/mol. The first-order chi connectivity index (χ1) is 6.77. The van der Waals surface area contributed by atoms with E-state index >= 15 is 0 Å². The second-order valence-electron chi connectivity index (χ2n) is 2.87. The maximum atomic E-state index is 5.82. The van der Waals surface area contributed by atoms with Crippen LogP contribution < -0.4 is 5.73 Å². The van der Waals surface area contributed by atoms with E-state index in [4.69, 9.17) is 5.73 Å². The third-order valence-electron chi connectivity index (χ3n) is 1.88. The molecular formula is C12H16N2. The van der Waals surface area contributed by atoms with E-state index in [1.54, 1.807) is 0 Å². The van der Waals surface area contributed by atoms with Crippen molar-refractivity contribution >= 4 is 16.6 Å². The van der Waals surface area contributed by atoms with Crippen LogP contribution in [-0.2, 0) is 0 Å². The molecule has 1 heterocycles. The summed E-state index contributed by atoms with van der Waals surface area (Å²) in [4.78, 5) is 4.36. The predicted octanol–water partition coefficient (Wildman–Crippen LogP) is 3.15. The van der Waals surface area contributed by atoms with Gasteiger partial charge in [0.1, 0.15) is 0 Å². The van der Waals surface area contributed by atoms with Gasteiger partial charge in [0, 0.05) is 16.8 Å². The van der Waals surface area contributed by atoms with Crippen molar-refractivity contribution in [2.24, 2.45) is 0 Å². The second kappa shape index (κ2) is 4.61. The molecule has 2 N–H and O–H groups in total. The SMILES string of the molecule is CC.Cc1cc(N)c2ccccc2n1. The van der Waals surface area contributed by atoms with Crippen LogP contribution in [-0.4, -0.2) is 4.98 Å². The summed E-state index contributed by atoms with van der Waals surface area (Å²) in [7, 11) is 0. The number of anilines is 1. The second-order valence-corrected chi connectivity index (χ2v) is 2.87. The zero-order chi connectivity index (χ0) is 10.6. The number of aromatic nitrogens is 1. The highest BCUT2D eigenvalue weighted by Crippen LogP contribution is 2.19. The van der Waals surface area contributed by atoms with Crippen LogP contribution in [0.5, 0.6) is 0 Å². The number of nitrogens with zero attached hydrogens (tertiary/aromatic N) is 1. The number of aryl methyl sites for hydroxylation is 1. The van der Waals surface area contributed by atoms with E-state index in [0.29, 0.717) is 0 Å². The summed E-state index contributed by atoms with van der Waals surface area (Å²) in [6, 6.07) is 9.78. The van der Waals surface area contributed by atoms with Crippen LogP contribution >= 0.6 is 0 Å². The van der Waals surface area contributed by atoms with Crippen LogP contribution in [0, 0.1) is 6.92 Å². The molecule has 1 aromatic heterocycles. The van der Waals surface area contributed by atoms with Gasteiger partial charge in [-0.25, -0.2) is 0 Å². The molecular weight excluding hydrogens is 172 g/mol. The van der Waals surface area contributed by atoms with Crippen molar-refractivity contribution in [1.82, 2.24) is 4.98 Å². The number of benzene rings is 1. The van der Waals surface area contributed by atoms with Crippen molar-refractivity contribution < 1.29 is 0 Å². The summed E-state index contributed by atoms with van der Waals surface area (Å²) < 4.78 is 0. The monoisotopic (exact) mass is 188 g/mol. The Bertz CT molecular complexity index is 422. The Balaban J connectivity index is 0.000000461. The minimum atomic E-state index is 0.804. The Labute approximate surface area is 84.8 Å². The third-order valence-corrected chi connectivity index (χ3v) is 1.88. The molecule has 2 heteroatoms. The van der Waals surface area contributed by atoms with Gasteiger partial charge in [0.2, 0.25) is 0 Å². The van der Waals surface area contributed by atoms with Gasteiger partial charge in [-0.2, -0.15) is 0 Å². The highest BCUT2D eigenvalue weighted by atomic mass is 14.7. The zero-order valence-electron chi connectivity index (χ0n) is 8.91. The minimum Gasteiger partial charge on any atom is -0.398 e. The first-order valence-corrected chi connectivity index (χ1v) is 4.89. The number of fused-ring (bicyclic) bond motifs is 1. The summed E-state index contributed by atoms with van der Waals surface area (Å²) >= 11 is 0. The molecule has 0 saturated heterocycles. The number of nitrogen functional groups attached to an aromatic ring is 1. The summed E-state index contributed by atoms with van der Waals surface area (Å²) in [5.41, 5.74) is 8.55. The summed E-state index contributed by atoms with van der Waals surface area (Å²) in [5, 5.41) is 1.03. The van der Waals surface area contributed by atoms with Gasteiger partial charge in [0.25, 0.3) is 0 Å². The Kier molecular flexibility index (Phi) is 3.46. The number of nitrogens with two attached hydrogens (primary N) is 1. The van der Waals surface area contributed by atoms with Crippen LogP contribution in [0.2, 0.25) is 0 Å². The molecule has 2 rings (SSSR count). The molecule has 2 nitrogen and oxygen atoms in total. The van der Waals surface area contributed by atoms with Gasteiger partial charge in [-0.05, 0) is 19.1 Å². The van der Waals surface area contributed by atoms with Crippen LogP contribution in [0.25, 0.3) is 10.9 Å². The molecule has 74 valence electrons. The molecule has 0 fully saturated rings. The van der Waals surface area contributed by atoms with Gasteiger partial charge in [-0.1, -0.05) is 32.0 Å². The molecule has 0 spiro atoms. The molecule has 0 aliphatic heterocycles. The fourth-order valence-electron chi connectivity index (χ4n) is 1.34. The van der Waals surface area contributed by atoms with Crippen molar-refractivity contribution in [3.05, 3.63) is 36.0 Å². The number of rotatable bonds is 0. The summed E-state index contributed by atoms with van der Waals surface area (Å²) in [6.07, 6.45) is 0. The van der Waals surface area contributed by atoms with Gasteiger partial charge in [-0.15, -0.1) is 0 Å². The van der Waals surface area contributed by atoms with Gasteiger partial charge in [0.15, 0.2) is 0 Å². The van der Waals surface area contributed by atoms with E-state index in [2.05, 4.69) is 4.98 Å². The van der Waals surface area contributed by atoms with E-state index in [0.717, 1.165) is 22.3 Å². The Morgan fingerprint density at radius 1 is 1.14 bits per heavy atom.